The number of rotatable bonds is 12. The highest BCUT2D eigenvalue weighted by Crippen LogP contribution is 2.34. The number of aliphatic hydroxyl groups is 2. The minimum Gasteiger partial charge on any atom is -0.478 e. The molecule has 0 spiro atoms. The molecule has 0 aromatic carbocycles. The van der Waals surface area contributed by atoms with Crippen molar-refractivity contribution in [1.82, 2.24) is 0 Å². The van der Waals surface area contributed by atoms with E-state index >= 15 is 0 Å². The van der Waals surface area contributed by atoms with Crippen molar-refractivity contribution in [2.45, 2.75) is 77.4 Å². The smallest absolute Gasteiger partial charge is 0.327 e. The van der Waals surface area contributed by atoms with E-state index in [2.05, 4.69) is 13.8 Å². The van der Waals surface area contributed by atoms with Crippen molar-refractivity contribution >= 4 is 11.8 Å². The molecule has 0 saturated heterocycles. The standard InChI is InChI=1S/C21H34O5/c1-3-4-8-15(2)13-16(22)11-12-18-17(19(23)14-20(18)24)9-6-5-7-10-21(25)26/h7,10-12,15-18,20,22,24H,3-6,8-9,13-14H2,1-2H3,(H,25,26)/b10-7-,12-11+/t15-,16+,17+,18+,20+/m0/s1. The summed E-state index contributed by atoms with van der Waals surface area (Å²) in [7, 11) is 0. The maximum absolute atomic E-state index is 12.1. The fourth-order valence-electron chi connectivity index (χ4n) is 3.65. The molecule has 0 unspecified atom stereocenters. The number of carbonyl (C=O) groups excluding carboxylic acids is 1. The van der Waals surface area contributed by atoms with Crippen LogP contribution in [0, 0.1) is 17.8 Å². The number of ketones is 1. The van der Waals surface area contributed by atoms with E-state index in [0.29, 0.717) is 31.6 Å². The number of aliphatic hydroxyl groups excluding tert-OH is 2. The van der Waals surface area contributed by atoms with Gasteiger partial charge in [-0.3, -0.25) is 4.79 Å². The third kappa shape index (κ3) is 8.28. The van der Waals surface area contributed by atoms with Crippen LogP contribution in [0.15, 0.2) is 24.3 Å². The van der Waals surface area contributed by atoms with Crippen LogP contribution in [-0.2, 0) is 9.59 Å². The van der Waals surface area contributed by atoms with E-state index in [9.17, 15) is 19.8 Å². The summed E-state index contributed by atoms with van der Waals surface area (Å²) >= 11 is 0. The van der Waals surface area contributed by atoms with Gasteiger partial charge in [-0.2, -0.15) is 0 Å². The van der Waals surface area contributed by atoms with Crippen molar-refractivity contribution in [2.75, 3.05) is 0 Å². The Bertz CT molecular complexity index is 497. The number of allylic oxidation sites excluding steroid dienone is 1. The zero-order valence-electron chi connectivity index (χ0n) is 16.0. The molecule has 5 heteroatoms. The largest absolute Gasteiger partial charge is 0.478 e. The van der Waals surface area contributed by atoms with Gasteiger partial charge in [0, 0.05) is 24.3 Å². The summed E-state index contributed by atoms with van der Waals surface area (Å²) in [5, 5.41) is 28.9. The third-order valence-electron chi connectivity index (χ3n) is 5.13. The molecule has 1 saturated carbocycles. The molecule has 5 nitrogen and oxygen atoms in total. The zero-order valence-corrected chi connectivity index (χ0v) is 16.0. The van der Waals surface area contributed by atoms with Gasteiger partial charge in [0.25, 0.3) is 0 Å². The van der Waals surface area contributed by atoms with E-state index in [0.717, 1.165) is 25.3 Å². The topological polar surface area (TPSA) is 94.8 Å². The number of hydrogen-bond donors (Lipinski definition) is 3. The first-order valence-electron chi connectivity index (χ1n) is 9.81. The van der Waals surface area contributed by atoms with Gasteiger partial charge in [-0.25, -0.2) is 4.79 Å². The Kier molecular flexibility index (Phi) is 10.4. The number of carboxylic acid groups (broad SMARTS) is 1. The minimum atomic E-state index is -0.972. The van der Waals surface area contributed by atoms with Crippen LogP contribution in [0.5, 0.6) is 0 Å². The Balaban J connectivity index is 2.52. The van der Waals surface area contributed by atoms with Gasteiger partial charge in [-0.1, -0.05) is 51.3 Å². The Labute approximate surface area is 156 Å². The van der Waals surface area contributed by atoms with Crippen LogP contribution in [0.25, 0.3) is 0 Å². The minimum absolute atomic E-state index is 0.0557. The molecule has 0 aliphatic heterocycles. The summed E-state index contributed by atoms with van der Waals surface area (Å²) in [4.78, 5) is 22.6. The van der Waals surface area contributed by atoms with E-state index in [1.54, 1.807) is 12.2 Å². The number of hydrogen-bond acceptors (Lipinski definition) is 4. The van der Waals surface area contributed by atoms with Crippen molar-refractivity contribution < 1.29 is 24.9 Å². The van der Waals surface area contributed by atoms with Gasteiger partial charge in [0.1, 0.15) is 5.78 Å². The molecule has 1 aliphatic carbocycles. The van der Waals surface area contributed by atoms with Gasteiger partial charge in [0.15, 0.2) is 0 Å². The number of carboxylic acids is 1. The number of unbranched alkanes of at least 4 members (excludes halogenated alkanes) is 2. The molecule has 1 fully saturated rings. The normalized spacial score (nSPS) is 26.0. The summed E-state index contributed by atoms with van der Waals surface area (Å²) in [6, 6.07) is 0. The molecule has 0 bridgehead atoms. The van der Waals surface area contributed by atoms with Crippen LogP contribution in [0.3, 0.4) is 0 Å². The van der Waals surface area contributed by atoms with Crippen LogP contribution < -0.4 is 0 Å². The fraction of sp³-hybridized carbons (Fsp3) is 0.714. The van der Waals surface area contributed by atoms with Gasteiger partial charge in [0.2, 0.25) is 0 Å². The molecule has 148 valence electrons. The molecule has 3 N–H and O–H groups in total. The second-order valence-corrected chi connectivity index (χ2v) is 7.53. The first-order chi connectivity index (χ1) is 12.3. The second kappa shape index (κ2) is 12.0. The Morgan fingerprint density at radius 3 is 2.73 bits per heavy atom. The second-order valence-electron chi connectivity index (χ2n) is 7.53. The summed E-state index contributed by atoms with van der Waals surface area (Å²) in [6.07, 6.45) is 11.2. The van der Waals surface area contributed by atoms with Gasteiger partial charge in [0.05, 0.1) is 12.2 Å². The van der Waals surface area contributed by atoms with Crippen LogP contribution in [0.1, 0.15) is 65.2 Å². The monoisotopic (exact) mass is 366 g/mol. The maximum atomic E-state index is 12.1. The predicted molar refractivity (Wildman–Crippen MR) is 102 cm³/mol. The molecule has 0 heterocycles. The molecule has 26 heavy (non-hydrogen) atoms. The van der Waals surface area contributed by atoms with Crippen molar-refractivity contribution in [3.05, 3.63) is 24.3 Å². The summed E-state index contributed by atoms with van der Waals surface area (Å²) in [5.74, 6) is -0.974. The quantitative estimate of drug-likeness (QED) is 0.279. The molecule has 0 aromatic heterocycles. The van der Waals surface area contributed by atoms with Gasteiger partial charge in [-0.05, 0) is 31.6 Å². The highest BCUT2D eigenvalue weighted by molar-refractivity contribution is 5.84. The van der Waals surface area contributed by atoms with Gasteiger partial charge in [-0.15, -0.1) is 0 Å². The highest BCUT2D eigenvalue weighted by Gasteiger charge is 2.39. The lowest BCUT2D eigenvalue weighted by atomic mass is 9.88. The lowest BCUT2D eigenvalue weighted by Crippen LogP contribution is -2.19. The lowest BCUT2D eigenvalue weighted by molar-refractivity contribution is -0.131. The first kappa shape index (κ1) is 22.6. The van der Waals surface area contributed by atoms with Crippen LogP contribution in [0.2, 0.25) is 0 Å². The number of Topliss-reactive ketones (excluding diaryl/α,β-unsaturated/α-hetero) is 1. The van der Waals surface area contributed by atoms with Crippen LogP contribution in [-0.4, -0.2) is 39.3 Å². The number of carbonyl (C=O) groups is 2. The van der Waals surface area contributed by atoms with E-state index in [4.69, 9.17) is 5.11 Å². The molecular formula is C21H34O5. The molecule has 0 radical (unpaired) electrons. The Morgan fingerprint density at radius 1 is 1.35 bits per heavy atom. The van der Waals surface area contributed by atoms with Crippen LogP contribution >= 0.6 is 0 Å². The van der Waals surface area contributed by atoms with Gasteiger partial charge < -0.3 is 15.3 Å². The molecule has 5 atom stereocenters. The molecule has 0 amide bonds. The Morgan fingerprint density at radius 2 is 2.08 bits per heavy atom. The summed E-state index contributed by atoms with van der Waals surface area (Å²) in [5.41, 5.74) is 0. The van der Waals surface area contributed by atoms with Crippen molar-refractivity contribution in [3.8, 4) is 0 Å². The Hall–Kier alpha value is -1.46. The molecule has 0 aromatic rings. The number of aliphatic carboxylic acids is 1. The van der Waals surface area contributed by atoms with Crippen molar-refractivity contribution in [2.24, 2.45) is 17.8 Å². The van der Waals surface area contributed by atoms with Crippen molar-refractivity contribution in [1.29, 1.82) is 0 Å². The van der Waals surface area contributed by atoms with Gasteiger partial charge >= 0.3 is 5.97 Å². The first-order valence-corrected chi connectivity index (χ1v) is 9.81. The van der Waals surface area contributed by atoms with E-state index in [1.807, 2.05) is 6.08 Å². The maximum Gasteiger partial charge on any atom is 0.327 e. The predicted octanol–water partition coefficient (Wildman–Crippen LogP) is 3.50. The summed E-state index contributed by atoms with van der Waals surface area (Å²) < 4.78 is 0. The van der Waals surface area contributed by atoms with E-state index in [-0.39, 0.29) is 24.0 Å². The fourth-order valence-corrected chi connectivity index (χ4v) is 3.65. The zero-order chi connectivity index (χ0) is 19.5. The molecule has 1 aliphatic rings. The average molecular weight is 366 g/mol. The highest BCUT2D eigenvalue weighted by atomic mass is 16.4. The summed E-state index contributed by atoms with van der Waals surface area (Å²) in [6.45, 7) is 4.28. The third-order valence-corrected chi connectivity index (χ3v) is 5.13. The molecular weight excluding hydrogens is 332 g/mol. The van der Waals surface area contributed by atoms with E-state index in [1.165, 1.54) is 0 Å². The SMILES string of the molecule is CCCC[C@H](C)C[C@H](O)/C=C/[C@H]1[C@H](O)CC(=O)[C@@H]1CCC/C=C\C(=O)O. The van der Waals surface area contributed by atoms with Crippen LogP contribution in [0.4, 0.5) is 0 Å². The van der Waals surface area contributed by atoms with E-state index < -0.39 is 18.2 Å². The average Bonchev–Trinajstić information content (AvgIpc) is 2.83. The molecule has 1 rings (SSSR count). The van der Waals surface area contributed by atoms with Crippen molar-refractivity contribution in [3.63, 3.8) is 0 Å². The lowest BCUT2D eigenvalue weighted by Gasteiger charge is -2.18.